The van der Waals surface area contributed by atoms with Crippen LogP contribution >= 0.6 is 11.9 Å². The molecular formula is C8H17N3O2S. The number of carbonyl (C=O) groups is 1. The maximum atomic E-state index is 11.3. The van der Waals surface area contributed by atoms with Gasteiger partial charge in [0.25, 0.3) is 0 Å². The van der Waals surface area contributed by atoms with Crippen molar-refractivity contribution >= 4 is 17.9 Å². The number of ether oxygens (including phenoxy) is 1. The molecule has 1 amide bonds. The summed E-state index contributed by atoms with van der Waals surface area (Å²) >= 11 is 1.39. The van der Waals surface area contributed by atoms with Gasteiger partial charge in [-0.3, -0.25) is 9.52 Å². The number of nitrogens with two attached hydrogens (primary N) is 2. The van der Waals surface area contributed by atoms with Gasteiger partial charge in [0.1, 0.15) is 4.75 Å². The van der Waals surface area contributed by atoms with E-state index in [-0.39, 0.29) is 5.91 Å². The Morgan fingerprint density at radius 3 is 2.64 bits per heavy atom. The summed E-state index contributed by atoms with van der Waals surface area (Å²) in [6.45, 7) is 2.43. The fourth-order valence-corrected chi connectivity index (χ4v) is 2.32. The van der Waals surface area contributed by atoms with Crippen molar-refractivity contribution in [1.82, 2.24) is 4.72 Å². The highest BCUT2D eigenvalue weighted by molar-refractivity contribution is 7.99. The summed E-state index contributed by atoms with van der Waals surface area (Å²) in [5.74, 6) is -0.268. The average molecular weight is 219 g/mol. The highest BCUT2D eigenvalue weighted by Gasteiger charge is 2.39. The minimum atomic E-state index is -0.507. The highest BCUT2D eigenvalue weighted by atomic mass is 32.2. The summed E-state index contributed by atoms with van der Waals surface area (Å²) in [6.07, 6.45) is 1.34. The van der Waals surface area contributed by atoms with Crippen LogP contribution in [-0.4, -0.2) is 37.0 Å². The number of hydrogen-bond acceptors (Lipinski definition) is 5. The monoisotopic (exact) mass is 219 g/mol. The van der Waals surface area contributed by atoms with Gasteiger partial charge < -0.3 is 16.2 Å². The Balaban J connectivity index is 2.47. The first-order valence-electron chi connectivity index (χ1n) is 4.70. The summed E-state index contributed by atoms with van der Waals surface area (Å²) in [5.41, 5.74) is 10.7. The molecule has 1 rings (SSSR count). The quantitative estimate of drug-likeness (QED) is 0.417. The molecule has 82 valence electrons. The standard InChI is InChI=1S/C8H17N3O2S/c9-3-4-11-14-8(7(10)12)1-5-13-6-2-8/h11H,1-6,9H2,(H2,10,12). The normalized spacial score (nSPS) is 20.6. The van der Waals surface area contributed by atoms with E-state index in [4.69, 9.17) is 16.2 Å². The third kappa shape index (κ3) is 2.84. The van der Waals surface area contributed by atoms with Gasteiger partial charge in [-0.15, -0.1) is 0 Å². The van der Waals surface area contributed by atoms with E-state index < -0.39 is 4.75 Å². The van der Waals surface area contributed by atoms with Gasteiger partial charge in [0.05, 0.1) is 0 Å². The maximum Gasteiger partial charge on any atom is 0.235 e. The van der Waals surface area contributed by atoms with E-state index in [1.54, 1.807) is 0 Å². The number of rotatable bonds is 5. The van der Waals surface area contributed by atoms with Gasteiger partial charge in [-0.25, -0.2) is 0 Å². The van der Waals surface area contributed by atoms with Gasteiger partial charge in [0, 0.05) is 26.3 Å². The molecule has 0 radical (unpaired) electrons. The lowest BCUT2D eigenvalue weighted by Crippen LogP contribution is -2.47. The molecule has 1 heterocycles. The second-order valence-corrected chi connectivity index (χ2v) is 4.53. The van der Waals surface area contributed by atoms with Gasteiger partial charge in [0.2, 0.25) is 5.91 Å². The third-order valence-electron chi connectivity index (χ3n) is 2.26. The van der Waals surface area contributed by atoms with Crippen LogP contribution in [-0.2, 0) is 9.53 Å². The first-order valence-corrected chi connectivity index (χ1v) is 5.51. The first kappa shape index (κ1) is 11.8. The van der Waals surface area contributed by atoms with Crippen LogP contribution in [0.3, 0.4) is 0 Å². The number of nitrogens with one attached hydrogen (secondary N) is 1. The number of hydrogen-bond donors (Lipinski definition) is 3. The van der Waals surface area contributed by atoms with Crippen molar-refractivity contribution in [2.75, 3.05) is 26.3 Å². The van der Waals surface area contributed by atoms with Gasteiger partial charge >= 0.3 is 0 Å². The minimum Gasteiger partial charge on any atom is -0.381 e. The second kappa shape index (κ2) is 5.55. The Labute approximate surface area is 88.1 Å². The van der Waals surface area contributed by atoms with E-state index in [1.165, 1.54) is 11.9 Å². The molecule has 0 aromatic rings. The molecule has 1 aliphatic rings. The van der Waals surface area contributed by atoms with Crippen molar-refractivity contribution in [1.29, 1.82) is 0 Å². The predicted molar refractivity (Wildman–Crippen MR) is 56.6 cm³/mol. The molecule has 1 fully saturated rings. The number of primary amides is 1. The summed E-state index contributed by atoms with van der Waals surface area (Å²) in [7, 11) is 0. The zero-order chi connectivity index (χ0) is 10.4. The molecule has 1 saturated heterocycles. The molecule has 14 heavy (non-hydrogen) atoms. The van der Waals surface area contributed by atoms with Crippen molar-refractivity contribution in [2.24, 2.45) is 11.5 Å². The van der Waals surface area contributed by atoms with Crippen LogP contribution in [0.25, 0.3) is 0 Å². The molecule has 0 aliphatic carbocycles. The van der Waals surface area contributed by atoms with Crippen LogP contribution in [0.4, 0.5) is 0 Å². The molecule has 0 aromatic heterocycles. The van der Waals surface area contributed by atoms with Gasteiger partial charge in [0.15, 0.2) is 0 Å². The average Bonchev–Trinajstić information content (AvgIpc) is 2.19. The van der Waals surface area contributed by atoms with Crippen LogP contribution in [0.5, 0.6) is 0 Å². The smallest absolute Gasteiger partial charge is 0.235 e. The van der Waals surface area contributed by atoms with E-state index in [9.17, 15) is 4.79 Å². The lowest BCUT2D eigenvalue weighted by atomic mass is 9.98. The molecule has 0 spiro atoms. The summed E-state index contributed by atoms with van der Waals surface area (Å²) < 4.78 is 7.76. The molecule has 0 saturated carbocycles. The van der Waals surface area contributed by atoms with E-state index in [2.05, 4.69) is 4.72 Å². The lowest BCUT2D eigenvalue weighted by molar-refractivity contribution is -0.122. The third-order valence-corrected chi connectivity index (χ3v) is 3.61. The van der Waals surface area contributed by atoms with Crippen LogP contribution < -0.4 is 16.2 Å². The molecule has 5 N–H and O–H groups in total. The van der Waals surface area contributed by atoms with Gasteiger partial charge in [-0.1, -0.05) is 11.9 Å². The number of carbonyl (C=O) groups excluding carboxylic acids is 1. The Kier molecular flexibility index (Phi) is 4.67. The zero-order valence-electron chi connectivity index (χ0n) is 8.12. The molecular weight excluding hydrogens is 202 g/mol. The lowest BCUT2D eigenvalue weighted by Gasteiger charge is -2.33. The Morgan fingerprint density at radius 1 is 1.50 bits per heavy atom. The summed E-state index contributed by atoms with van der Waals surface area (Å²) in [5, 5.41) is 0. The van der Waals surface area contributed by atoms with E-state index in [1.807, 2.05) is 0 Å². The Hall–Kier alpha value is -0.300. The van der Waals surface area contributed by atoms with Crippen molar-refractivity contribution in [2.45, 2.75) is 17.6 Å². The van der Waals surface area contributed by atoms with Crippen LogP contribution in [0.1, 0.15) is 12.8 Å². The molecule has 1 aliphatic heterocycles. The van der Waals surface area contributed by atoms with E-state index in [0.29, 0.717) is 39.1 Å². The van der Waals surface area contributed by atoms with Gasteiger partial charge in [-0.05, 0) is 12.8 Å². The van der Waals surface area contributed by atoms with Crippen LogP contribution in [0.15, 0.2) is 0 Å². The number of amides is 1. The molecule has 5 nitrogen and oxygen atoms in total. The van der Waals surface area contributed by atoms with Crippen molar-refractivity contribution in [3.63, 3.8) is 0 Å². The van der Waals surface area contributed by atoms with Gasteiger partial charge in [-0.2, -0.15) is 0 Å². The summed E-state index contributed by atoms with van der Waals surface area (Å²) in [6, 6.07) is 0. The van der Waals surface area contributed by atoms with Crippen molar-refractivity contribution in [3.05, 3.63) is 0 Å². The van der Waals surface area contributed by atoms with Crippen LogP contribution in [0.2, 0.25) is 0 Å². The molecule has 6 heteroatoms. The Bertz CT molecular complexity index is 195. The fraction of sp³-hybridized carbons (Fsp3) is 0.875. The van der Waals surface area contributed by atoms with Crippen molar-refractivity contribution < 1.29 is 9.53 Å². The molecule has 0 unspecified atom stereocenters. The SMILES string of the molecule is NCCNSC1(C(N)=O)CCOCC1. The molecule has 0 bridgehead atoms. The minimum absolute atomic E-state index is 0.268. The highest BCUT2D eigenvalue weighted by Crippen LogP contribution is 2.33. The van der Waals surface area contributed by atoms with Crippen LogP contribution in [0, 0.1) is 0 Å². The fourth-order valence-electron chi connectivity index (χ4n) is 1.35. The maximum absolute atomic E-state index is 11.3. The topological polar surface area (TPSA) is 90.4 Å². The Morgan fingerprint density at radius 2 is 2.14 bits per heavy atom. The zero-order valence-corrected chi connectivity index (χ0v) is 8.94. The second-order valence-electron chi connectivity index (χ2n) is 3.26. The van der Waals surface area contributed by atoms with E-state index >= 15 is 0 Å². The molecule has 0 atom stereocenters. The van der Waals surface area contributed by atoms with E-state index in [0.717, 1.165) is 0 Å². The molecule has 0 aromatic carbocycles. The first-order chi connectivity index (χ1) is 6.71. The summed E-state index contributed by atoms with van der Waals surface area (Å²) in [4.78, 5) is 11.3. The predicted octanol–water partition coefficient (Wildman–Crippen LogP) is -0.783. The largest absolute Gasteiger partial charge is 0.381 e. The van der Waals surface area contributed by atoms with Crippen molar-refractivity contribution in [3.8, 4) is 0 Å².